The minimum Gasteiger partial charge on any atom is -0.396 e. The molecular weight excluding hydrogens is 262 g/mol. The molecule has 1 aromatic heterocycles. The summed E-state index contributed by atoms with van der Waals surface area (Å²) in [6.45, 7) is 1.91. The molecule has 1 aliphatic rings. The van der Waals surface area contributed by atoms with Crippen molar-refractivity contribution in [2.24, 2.45) is 0 Å². The van der Waals surface area contributed by atoms with Crippen molar-refractivity contribution in [1.82, 2.24) is 9.88 Å². The van der Waals surface area contributed by atoms with Crippen LogP contribution in [0.1, 0.15) is 31.4 Å². The van der Waals surface area contributed by atoms with Gasteiger partial charge in [-0.15, -0.1) is 0 Å². The molecule has 0 radical (unpaired) electrons. The van der Waals surface area contributed by atoms with Gasteiger partial charge in [0, 0.05) is 32.8 Å². The van der Waals surface area contributed by atoms with Gasteiger partial charge in [-0.2, -0.15) is 0 Å². The van der Waals surface area contributed by atoms with Crippen molar-refractivity contribution in [3.05, 3.63) is 22.8 Å². The third kappa shape index (κ3) is 3.81. The lowest BCUT2D eigenvalue weighted by Gasteiger charge is -2.37. The Kier molecular flexibility index (Phi) is 5.43. The molecule has 5 heteroatoms. The van der Waals surface area contributed by atoms with Gasteiger partial charge in [0.2, 0.25) is 0 Å². The molecule has 0 spiro atoms. The number of anilines is 1. The van der Waals surface area contributed by atoms with Crippen LogP contribution < -0.4 is 5.32 Å². The number of halogens is 1. The normalized spacial score (nSPS) is 15.6. The van der Waals surface area contributed by atoms with Gasteiger partial charge in [0.05, 0.1) is 10.7 Å². The summed E-state index contributed by atoms with van der Waals surface area (Å²) in [5.74, 6) is 0.843. The molecule has 1 heterocycles. The molecular formula is C14H22ClN3O. The lowest BCUT2D eigenvalue weighted by atomic mass is 9.91. The largest absolute Gasteiger partial charge is 0.396 e. The Morgan fingerprint density at radius 3 is 2.84 bits per heavy atom. The van der Waals surface area contributed by atoms with Gasteiger partial charge in [0.25, 0.3) is 0 Å². The standard InChI is InChI=1S/C14H22ClN3O/c1-16-14-7-6-12(15)13(17-14)10-18(8-3-9-19)11-4-2-5-11/h6-7,11,19H,2-5,8-10H2,1H3,(H,16,17). The number of nitrogens with one attached hydrogen (secondary N) is 1. The molecule has 4 nitrogen and oxygen atoms in total. The van der Waals surface area contributed by atoms with Crippen molar-refractivity contribution in [1.29, 1.82) is 0 Å². The number of hydrogen-bond acceptors (Lipinski definition) is 4. The molecule has 0 atom stereocenters. The SMILES string of the molecule is CNc1ccc(Cl)c(CN(CCCO)C2CCC2)n1. The second-order valence-corrected chi connectivity index (χ2v) is 5.41. The average Bonchev–Trinajstić information content (AvgIpc) is 2.36. The summed E-state index contributed by atoms with van der Waals surface area (Å²) in [4.78, 5) is 6.93. The summed E-state index contributed by atoms with van der Waals surface area (Å²) in [7, 11) is 1.86. The summed E-state index contributed by atoms with van der Waals surface area (Å²) in [5, 5.41) is 12.8. The summed E-state index contributed by atoms with van der Waals surface area (Å²) in [6, 6.07) is 4.40. The molecule has 2 N–H and O–H groups in total. The maximum Gasteiger partial charge on any atom is 0.126 e. The lowest BCUT2D eigenvalue weighted by molar-refractivity contribution is 0.108. The first-order valence-electron chi connectivity index (χ1n) is 6.92. The topological polar surface area (TPSA) is 48.4 Å². The van der Waals surface area contributed by atoms with Gasteiger partial charge in [-0.1, -0.05) is 18.0 Å². The number of rotatable bonds is 7. The number of aliphatic hydroxyl groups excluding tert-OH is 1. The first-order chi connectivity index (χ1) is 9.24. The van der Waals surface area contributed by atoms with Crippen LogP contribution in [0, 0.1) is 0 Å². The van der Waals surface area contributed by atoms with Gasteiger partial charge in [-0.25, -0.2) is 4.98 Å². The molecule has 0 unspecified atom stereocenters. The van der Waals surface area contributed by atoms with Crippen molar-refractivity contribution in [2.75, 3.05) is 25.5 Å². The minimum atomic E-state index is 0.237. The van der Waals surface area contributed by atoms with Crippen molar-refractivity contribution in [3.8, 4) is 0 Å². The van der Waals surface area contributed by atoms with Crippen LogP contribution in [0.5, 0.6) is 0 Å². The minimum absolute atomic E-state index is 0.237. The summed E-state index contributed by atoms with van der Waals surface area (Å²) in [6.07, 6.45) is 4.60. The quantitative estimate of drug-likeness (QED) is 0.807. The van der Waals surface area contributed by atoms with Crippen LogP contribution in [0.2, 0.25) is 5.02 Å². The molecule has 0 saturated heterocycles. The highest BCUT2D eigenvalue weighted by Gasteiger charge is 2.25. The Hall–Kier alpha value is -0.840. The Morgan fingerprint density at radius 2 is 2.26 bits per heavy atom. The zero-order valence-electron chi connectivity index (χ0n) is 11.4. The van der Waals surface area contributed by atoms with Gasteiger partial charge < -0.3 is 10.4 Å². The zero-order chi connectivity index (χ0) is 13.7. The van der Waals surface area contributed by atoms with Crippen LogP contribution in [0.15, 0.2) is 12.1 Å². The monoisotopic (exact) mass is 283 g/mol. The molecule has 19 heavy (non-hydrogen) atoms. The highest BCUT2D eigenvalue weighted by Crippen LogP contribution is 2.27. The number of hydrogen-bond donors (Lipinski definition) is 2. The Morgan fingerprint density at radius 1 is 1.47 bits per heavy atom. The van der Waals surface area contributed by atoms with E-state index in [1.807, 2.05) is 19.2 Å². The van der Waals surface area contributed by atoms with E-state index in [4.69, 9.17) is 16.7 Å². The number of nitrogens with zero attached hydrogens (tertiary/aromatic N) is 2. The van der Waals surface area contributed by atoms with Crippen molar-refractivity contribution >= 4 is 17.4 Å². The number of pyridine rings is 1. The summed E-state index contributed by atoms with van der Waals surface area (Å²) >= 11 is 6.23. The predicted octanol–water partition coefficient (Wildman–Crippen LogP) is 2.51. The second-order valence-electron chi connectivity index (χ2n) is 5.01. The van der Waals surface area contributed by atoms with Crippen LogP contribution in [0.3, 0.4) is 0 Å². The molecule has 0 amide bonds. The van der Waals surface area contributed by atoms with Crippen LogP contribution in [-0.4, -0.2) is 41.2 Å². The van der Waals surface area contributed by atoms with Crippen molar-refractivity contribution in [2.45, 2.75) is 38.3 Å². The fraction of sp³-hybridized carbons (Fsp3) is 0.643. The summed E-state index contributed by atoms with van der Waals surface area (Å²) < 4.78 is 0. The van der Waals surface area contributed by atoms with Gasteiger partial charge in [0.1, 0.15) is 5.82 Å². The lowest BCUT2D eigenvalue weighted by Crippen LogP contribution is -2.40. The maximum atomic E-state index is 9.01. The third-order valence-electron chi connectivity index (χ3n) is 3.72. The zero-order valence-corrected chi connectivity index (χ0v) is 12.2. The van der Waals surface area contributed by atoms with E-state index in [0.29, 0.717) is 11.1 Å². The average molecular weight is 284 g/mol. The van der Waals surface area contributed by atoms with E-state index in [0.717, 1.165) is 31.0 Å². The van der Waals surface area contributed by atoms with E-state index in [2.05, 4.69) is 15.2 Å². The second kappa shape index (κ2) is 7.08. The van der Waals surface area contributed by atoms with Gasteiger partial charge >= 0.3 is 0 Å². The molecule has 1 aromatic rings. The molecule has 0 aliphatic heterocycles. The molecule has 106 valence electrons. The Balaban J connectivity index is 2.06. The van der Waals surface area contributed by atoms with Crippen LogP contribution in [0.4, 0.5) is 5.82 Å². The van der Waals surface area contributed by atoms with Gasteiger partial charge in [-0.3, -0.25) is 4.90 Å². The first kappa shape index (κ1) is 14.6. The molecule has 0 aromatic carbocycles. The van der Waals surface area contributed by atoms with E-state index < -0.39 is 0 Å². The van der Waals surface area contributed by atoms with E-state index >= 15 is 0 Å². The van der Waals surface area contributed by atoms with Crippen LogP contribution >= 0.6 is 11.6 Å². The predicted molar refractivity (Wildman–Crippen MR) is 78.5 cm³/mol. The fourth-order valence-electron chi connectivity index (χ4n) is 2.34. The summed E-state index contributed by atoms with van der Waals surface area (Å²) in [5.41, 5.74) is 0.915. The van der Waals surface area contributed by atoms with E-state index in [1.165, 1.54) is 19.3 Å². The van der Waals surface area contributed by atoms with Gasteiger partial charge in [0.15, 0.2) is 0 Å². The number of aliphatic hydroxyl groups is 1. The van der Waals surface area contributed by atoms with Crippen LogP contribution in [0.25, 0.3) is 0 Å². The number of aromatic nitrogens is 1. The van der Waals surface area contributed by atoms with Crippen molar-refractivity contribution < 1.29 is 5.11 Å². The van der Waals surface area contributed by atoms with E-state index in [-0.39, 0.29) is 6.61 Å². The Labute approximate surface area is 119 Å². The Bertz CT molecular complexity index is 410. The van der Waals surface area contributed by atoms with Gasteiger partial charge in [-0.05, 0) is 31.4 Å². The van der Waals surface area contributed by atoms with E-state index in [9.17, 15) is 0 Å². The highest BCUT2D eigenvalue weighted by molar-refractivity contribution is 6.31. The molecule has 0 bridgehead atoms. The first-order valence-corrected chi connectivity index (χ1v) is 7.30. The fourth-order valence-corrected chi connectivity index (χ4v) is 2.51. The molecule has 1 fully saturated rings. The smallest absolute Gasteiger partial charge is 0.126 e. The maximum absolute atomic E-state index is 9.01. The van der Waals surface area contributed by atoms with E-state index in [1.54, 1.807) is 0 Å². The van der Waals surface area contributed by atoms with Crippen LogP contribution in [-0.2, 0) is 6.54 Å². The molecule has 1 aliphatic carbocycles. The molecule has 1 saturated carbocycles. The van der Waals surface area contributed by atoms with Crippen molar-refractivity contribution in [3.63, 3.8) is 0 Å². The third-order valence-corrected chi connectivity index (χ3v) is 4.07. The molecule has 2 rings (SSSR count). The highest BCUT2D eigenvalue weighted by atomic mass is 35.5.